The average molecular weight is 379 g/mol. The van der Waals surface area contributed by atoms with Gasteiger partial charge in [-0.2, -0.15) is 0 Å². The predicted octanol–water partition coefficient (Wildman–Crippen LogP) is 3.98. The SMILES string of the molecule is Cc1cc(C)cc(OC(C)C(=O)NCc2cc(-c3ccc(F)cc3)ncn2)c1. The number of carbonyl (C=O) groups is 1. The van der Waals surface area contributed by atoms with Crippen LogP contribution in [0.5, 0.6) is 5.75 Å². The Labute approximate surface area is 163 Å². The van der Waals surface area contributed by atoms with Gasteiger partial charge < -0.3 is 10.1 Å². The van der Waals surface area contributed by atoms with Crippen LogP contribution in [0.2, 0.25) is 0 Å². The van der Waals surface area contributed by atoms with Crippen molar-refractivity contribution >= 4 is 5.91 Å². The number of carbonyl (C=O) groups excluding carboxylic acids is 1. The molecule has 28 heavy (non-hydrogen) atoms. The van der Waals surface area contributed by atoms with Gasteiger partial charge in [0.25, 0.3) is 5.91 Å². The molecule has 1 heterocycles. The van der Waals surface area contributed by atoms with E-state index in [0.717, 1.165) is 16.7 Å². The lowest BCUT2D eigenvalue weighted by atomic mass is 10.1. The van der Waals surface area contributed by atoms with Gasteiger partial charge in [0.2, 0.25) is 0 Å². The Morgan fingerprint density at radius 3 is 2.43 bits per heavy atom. The van der Waals surface area contributed by atoms with Crippen LogP contribution in [0, 0.1) is 19.7 Å². The van der Waals surface area contributed by atoms with Crippen molar-refractivity contribution in [1.82, 2.24) is 15.3 Å². The third kappa shape index (κ3) is 5.13. The van der Waals surface area contributed by atoms with Crippen LogP contribution in [0.25, 0.3) is 11.3 Å². The Kier molecular flexibility index (Phi) is 5.99. The van der Waals surface area contributed by atoms with Crippen molar-refractivity contribution in [3.63, 3.8) is 0 Å². The first kappa shape index (κ1) is 19.5. The zero-order chi connectivity index (χ0) is 20.1. The van der Waals surface area contributed by atoms with Gasteiger partial charge in [0.05, 0.1) is 17.9 Å². The van der Waals surface area contributed by atoms with E-state index in [1.165, 1.54) is 18.5 Å². The molecule has 0 aliphatic rings. The molecule has 1 amide bonds. The van der Waals surface area contributed by atoms with Crippen LogP contribution in [-0.2, 0) is 11.3 Å². The van der Waals surface area contributed by atoms with E-state index in [9.17, 15) is 9.18 Å². The number of aromatic nitrogens is 2. The molecule has 0 saturated heterocycles. The van der Waals surface area contributed by atoms with Crippen molar-refractivity contribution in [1.29, 1.82) is 0 Å². The lowest BCUT2D eigenvalue weighted by Crippen LogP contribution is -2.36. The molecule has 3 aromatic rings. The molecule has 1 aromatic heterocycles. The van der Waals surface area contributed by atoms with Crippen LogP contribution in [0.4, 0.5) is 4.39 Å². The van der Waals surface area contributed by atoms with Crippen LogP contribution in [0.15, 0.2) is 54.9 Å². The van der Waals surface area contributed by atoms with Gasteiger partial charge in [0.15, 0.2) is 6.10 Å². The van der Waals surface area contributed by atoms with Gasteiger partial charge in [-0.1, -0.05) is 6.07 Å². The Morgan fingerprint density at radius 1 is 1.07 bits per heavy atom. The largest absolute Gasteiger partial charge is 0.481 e. The van der Waals surface area contributed by atoms with Crippen LogP contribution in [0.1, 0.15) is 23.7 Å². The number of benzene rings is 2. The van der Waals surface area contributed by atoms with Gasteiger partial charge in [-0.3, -0.25) is 4.79 Å². The number of ether oxygens (including phenoxy) is 1. The van der Waals surface area contributed by atoms with E-state index in [0.29, 0.717) is 17.1 Å². The fourth-order valence-corrected chi connectivity index (χ4v) is 2.85. The second-order valence-corrected chi connectivity index (χ2v) is 6.70. The van der Waals surface area contributed by atoms with E-state index in [1.54, 1.807) is 25.1 Å². The number of nitrogens with one attached hydrogen (secondary N) is 1. The lowest BCUT2D eigenvalue weighted by Gasteiger charge is -2.15. The van der Waals surface area contributed by atoms with Crippen LogP contribution in [-0.4, -0.2) is 22.0 Å². The molecule has 1 unspecified atom stereocenters. The summed E-state index contributed by atoms with van der Waals surface area (Å²) in [7, 11) is 0. The van der Waals surface area contributed by atoms with Gasteiger partial charge in [0.1, 0.15) is 17.9 Å². The molecule has 2 aromatic carbocycles. The highest BCUT2D eigenvalue weighted by Crippen LogP contribution is 2.18. The zero-order valence-corrected chi connectivity index (χ0v) is 16.1. The van der Waals surface area contributed by atoms with Crippen molar-refractivity contribution in [3.05, 3.63) is 77.5 Å². The number of hydrogen-bond donors (Lipinski definition) is 1. The van der Waals surface area contributed by atoms with Crippen molar-refractivity contribution in [3.8, 4) is 17.0 Å². The fraction of sp³-hybridized carbons (Fsp3) is 0.227. The molecular weight excluding hydrogens is 357 g/mol. The minimum absolute atomic E-state index is 0.235. The number of halogens is 1. The van der Waals surface area contributed by atoms with E-state index < -0.39 is 6.10 Å². The van der Waals surface area contributed by atoms with Gasteiger partial charge in [-0.05, 0) is 74.4 Å². The molecule has 0 radical (unpaired) electrons. The maximum absolute atomic E-state index is 13.1. The van der Waals surface area contributed by atoms with Crippen molar-refractivity contribution in [2.45, 2.75) is 33.4 Å². The van der Waals surface area contributed by atoms with Crippen LogP contribution >= 0.6 is 0 Å². The normalized spacial score (nSPS) is 11.7. The zero-order valence-electron chi connectivity index (χ0n) is 16.1. The Bertz CT molecular complexity index is 954. The summed E-state index contributed by atoms with van der Waals surface area (Å²) in [6.07, 6.45) is 0.787. The molecule has 6 heteroatoms. The standard InChI is InChI=1S/C22H22FN3O2/c1-14-8-15(2)10-20(9-14)28-16(3)22(27)24-12-19-11-21(26-13-25-19)17-4-6-18(23)7-5-17/h4-11,13,16H,12H2,1-3H3,(H,24,27). The summed E-state index contributed by atoms with van der Waals surface area (Å²) >= 11 is 0. The molecule has 144 valence electrons. The number of amides is 1. The highest BCUT2D eigenvalue weighted by Gasteiger charge is 2.15. The van der Waals surface area contributed by atoms with Crippen molar-refractivity contribution in [2.75, 3.05) is 0 Å². The highest BCUT2D eigenvalue weighted by molar-refractivity contribution is 5.80. The monoisotopic (exact) mass is 379 g/mol. The third-order valence-electron chi connectivity index (χ3n) is 4.18. The van der Waals surface area contributed by atoms with Crippen LogP contribution in [0.3, 0.4) is 0 Å². The second kappa shape index (κ2) is 8.61. The minimum Gasteiger partial charge on any atom is -0.481 e. The number of aryl methyl sites for hydroxylation is 2. The molecule has 5 nitrogen and oxygen atoms in total. The molecule has 1 N–H and O–H groups in total. The Balaban J connectivity index is 1.61. The van der Waals surface area contributed by atoms with Crippen LogP contribution < -0.4 is 10.1 Å². The minimum atomic E-state index is -0.639. The first-order valence-corrected chi connectivity index (χ1v) is 9.00. The summed E-state index contributed by atoms with van der Waals surface area (Å²) in [5.74, 6) is 0.130. The Hall–Kier alpha value is -3.28. The van der Waals surface area contributed by atoms with Gasteiger partial charge in [0, 0.05) is 5.56 Å². The van der Waals surface area contributed by atoms with Gasteiger partial charge in [-0.25, -0.2) is 14.4 Å². The third-order valence-corrected chi connectivity index (χ3v) is 4.18. The van der Waals surface area contributed by atoms with Crippen molar-refractivity contribution < 1.29 is 13.9 Å². The summed E-state index contributed by atoms with van der Waals surface area (Å²) in [6, 6.07) is 13.7. The van der Waals surface area contributed by atoms with Gasteiger partial charge in [-0.15, -0.1) is 0 Å². The first-order chi connectivity index (χ1) is 13.4. The maximum atomic E-state index is 13.1. The maximum Gasteiger partial charge on any atom is 0.261 e. The van der Waals surface area contributed by atoms with Crippen molar-refractivity contribution in [2.24, 2.45) is 0 Å². The molecule has 0 bridgehead atoms. The van der Waals surface area contributed by atoms with Gasteiger partial charge >= 0.3 is 0 Å². The topological polar surface area (TPSA) is 64.1 Å². The fourth-order valence-electron chi connectivity index (χ4n) is 2.85. The molecular formula is C22H22FN3O2. The molecule has 0 fully saturated rings. The van der Waals surface area contributed by atoms with E-state index in [1.807, 2.05) is 32.0 Å². The predicted molar refractivity (Wildman–Crippen MR) is 105 cm³/mol. The highest BCUT2D eigenvalue weighted by atomic mass is 19.1. The van der Waals surface area contributed by atoms with E-state index in [2.05, 4.69) is 15.3 Å². The number of hydrogen-bond acceptors (Lipinski definition) is 4. The van der Waals surface area contributed by atoms with E-state index >= 15 is 0 Å². The number of rotatable bonds is 6. The molecule has 1 atom stereocenters. The summed E-state index contributed by atoms with van der Waals surface area (Å²) < 4.78 is 18.8. The smallest absolute Gasteiger partial charge is 0.261 e. The molecule has 0 aliphatic carbocycles. The first-order valence-electron chi connectivity index (χ1n) is 9.00. The summed E-state index contributed by atoms with van der Waals surface area (Å²) in [5, 5.41) is 2.82. The summed E-state index contributed by atoms with van der Waals surface area (Å²) in [5.41, 5.74) is 4.26. The Morgan fingerprint density at radius 2 is 1.75 bits per heavy atom. The second-order valence-electron chi connectivity index (χ2n) is 6.70. The lowest BCUT2D eigenvalue weighted by molar-refractivity contribution is -0.127. The molecule has 3 rings (SSSR count). The van der Waals surface area contributed by atoms with E-state index in [4.69, 9.17) is 4.74 Å². The summed E-state index contributed by atoms with van der Waals surface area (Å²) in [4.78, 5) is 20.7. The summed E-state index contributed by atoms with van der Waals surface area (Å²) in [6.45, 7) is 5.92. The molecule has 0 saturated carbocycles. The number of nitrogens with zero attached hydrogens (tertiary/aromatic N) is 2. The quantitative estimate of drug-likeness (QED) is 0.704. The molecule has 0 spiro atoms. The van der Waals surface area contributed by atoms with E-state index in [-0.39, 0.29) is 18.3 Å². The average Bonchev–Trinajstić information content (AvgIpc) is 2.66. The molecule has 0 aliphatic heterocycles.